The van der Waals surface area contributed by atoms with E-state index in [9.17, 15) is 8.42 Å². The fourth-order valence-electron chi connectivity index (χ4n) is 3.16. The fraction of sp³-hybridized carbons (Fsp3) is 0.471. The summed E-state index contributed by atoms with van der Waals surface area (Å²) in [5, 5.41) is 0. The summed E-state index contributed by atoms with van der Waals surface area (Å²) in [6.45, 7) is 8.87. The van der Waals surface area contributed by atoms with Crippen LogP contribution in [0.4, 0.5) is 0 Å². The molecule has 0 N–H and O–H groups in total. The smallest absolute Gasteiger partial charge is 0.243 e. The molecule has 1 aromatic carbocycles. The second kappa shape index (κ2) is 5.76. The number of hydrogen-bond donors (Lipinski definition) is 0. The van der Waals surface area contributed by atoms with Crippen molar-refractivity contribution in [1.82, 2.24) is 13.9 Å². The van der Waals surface area contributed by atoms with Crippen molar-refractivity contribution < 1.29 is 8.42 Å². The van der Waals surface area contributed by atoms with Crippen LogP contribution in [0.3, 0.4) is 0 Å². The number of aromatic nitrogens is 2. The standard InChI is InChI=1S/C17H23N3O2S/c1-12(2)20-11-18-15-7-8-19(10-16(15)20)23(21,22)17-6-5-13(3)9-14(17)4/h5-6,9,11-12H,7-8,10H2,1-4H3. The lowest BCUT2D eigenvalue weighted by atomic mass is 10.2. The van der Waals surface area contributed by atoms with Crippen LogP contribution in [0.15, 0.2) is 29.4 Å². The van der Waals surface area contributed by atoms with E-state index < -0.39 is 10.0 Å². The molecule has 0 fully saturated rings. The lowest BCUT2D eigenvalue weighted by molar-refractivity contribution is 0.372. The number of hydrogen-bond acceptors (Lipinski definition) is 3. The monoisotopic (exact) mass is 333 g/mol. The molecule has 6 heteroatoms. The van der Waals surface area contributed by atoms with Crippen molar-refractivity contribution in [1.29, 1.82) is 0 Å². The highest BCUT2D eigenvalue weighted by Gasteiger charge is 2.31. The van der Waals surface area contributed by atoms with Gasteiger partial charge in [-0.1, -0.05) is 17.7 Å². The van der Waals surface area contributed by atoms with E-state index in [4.69, 9.17) is 0 Å². The van der Waals surface area contributed by atoms with E-state index in [0.29, 0.717) is 24.4 Å². The van der Waals surface area contributed by atoms with E-state index in [-0.39, 0.29) is 6.04 Å². The molecule has 0 radical (unpaired) electrons. The molecule has 0 unspecified atom stereocenters. The van der Waals surface area contributed by atoms with Crippen LogP contribution in [0, 0.1) is 13.8 Å². The van der Waals surface area contributed by atoms with Crippen LogP contribution in [-0.2, 0) is 23.0 Å². The third kappa shape index (κ3) is 2.81. The number of rotatable bonds is 3. The normalized spacial score (nSPS) is 15.9. The zero-order valence-electron chi connectivity index (χ0n) is 14.1. The van der Waals surface area contributed by atoms with Gasteiger partial charge in [-0.3, -0.25) is 0 Å². The summed E-state index contributed by atoms with van der Waals surface area (Å²) in [4.78, 5) is 4.84. The van der Waals surface area contributed by atoms with Crippen molar-refractivity contribution in [2.45, 2.75) is 51.6 Å². The average Bonchev–Trinajstić information content (AvgIpc) is 2.89. The summed E-state index contributed by atoms with van der Waals surface area (Å²) in [6.07, 6.45) is 2.49. The first-order valence-electron chi connectivity index (χ1n) is 7.92. The zero-order valence-corrected chi connectivity index (χ0v) is 14.9. The molecule has 0 aliphatic carbocycles. The molecule has 23 heavy (non-hydrogen) atoms. The van der Waals surface area contributed by atoms with Gasteiger partial charge in [0.1, 0.15) is 0 Å². The SMILES string of the molecule is Cc1ccc(S(=O)(=O)N2CCc3ncn(C(C)C)c3C2)c(C)c1. The van der Waals surface area contributed by atoms with Crippen molar-refractivity contribution >= 4 is 10.0 Å². The summed E-state index contributed by atoms with van der Waals surface area (Å²) < 4.78 is 29.7. The van der Waals surface area contributed by atoms with Crippen LogP contribution in [-0.4, -0.2) is 28.8 Å². The van der Waals surface area contributed by atoms with Crippen LogP contribution in [0.25, 0.3) is 0 Å². The highest BCUT2D eigenvalue weighted by Crippen LogP contribution is 2.27. The Balaban J connectivity index is 1.97. The Morgan fingerprint density at radius 1 is 1.22 bits per heavy atom. The predicted octanol–water partition coefficient (Wildman–Crippen LogP) is 2.83. The summed E-state index contributed by atoms with van der Waals surface area (Å²) in [5.41, 5.74) is 3.90. The molecule has 5 nitrogen and oxygen atoms in total. The van der Waals surface area contributed by atoms with Gasteiger partial charge in [0, 0.05) is 19.0 Å². The van der Waals surface area contributed by atoms with E-state index in [1.54, 1.807) is 10.4 Å². The van der Waals surface area contributed by atoms with Crippen molar-refractivity contribution in [2.75, 3.05) is 6.54 Å². The van der Waals surface area contributed by atoms with Crippen molar-refractivity contribution in [3.63, 3.8) is 0 Å². The van der Waals surface area contributed by atoms with Crippen molar-refractivity contribution in [2.24, 2.45) is 0 Å². The van der Waals surface area contributed by atoms with Gasteiger partial charge in [0.15, 0.2) is 0 Å². The number of fused-ring (bicyclic) bond motifs is 1. The van der Waals surface area contributed by atoms with Gasteiger partial charge < -0.3 is 4.57 Å². The zero-order chi connectivity index (χ0) is 16.8. The average molecular weight is 333 g/mol. The quantitative estimate of drug-likeness (QED) is 0.868. The fourth-order valence-corrected chi connectivity index (χ4v) is 4.77. The Morgan fingerprint density at radius 2 is 1.96 bits per heavy atom. The van der Waals surface area contributed by atoms with Gasteiger partial charge >= 0.3 is 0 Å². The van der Waals surface area contributed by atoms with E-state index in [1.807, 2.05) is 32.3 Å². The molecule has 0 saturated carbocycles. The molecule has 0 amide bonds. The van der Waals surface area contributed by atoms with E-state index in [1.165, 1.54) is 0 Å². The minimum absolute atomic E-state index is 0.273. The number of nitrogens with zero attached hydrogens (tertiary/aromatic N) is 3. The highest BCUT2D eigenvalue weighted by atomic mass is 32.2. The number of aryl methyl sites for hydroxylation is 2. The van der Waals surface area contributed by atoms with Gasteiger partial charge in [-0.25, -0.2) is 13.4 Å². The highest BCUT2D eigenvalue weighted by molar-refractivity contribution is 7.89. The van der Waals surface area contributed by atoms with Crippen LogP contribution >= 0.6 is 0 Å². The molecular weight excluding hydrogens is 310 g/mol. The molecular formula is C17H23N3O2S. The third-order valence-electron chi connectivity index (χ3n) is 4.41. The van der Waals surface area contributed by atoms with E-state index >= 15 is 0 Å². The van der Waals surface area contributed by atoms with Gasteiger partial charge in [0.05, 0.1) is 29.2 Å². The van der Waals surface area contributed by atoms with Gasteiger partial charge in [0.2, 0.25) is 10.0 Å². The molecule has 1 aliphatic rings. The first kappa shape index (κ1) is 16.2. The molecule has 0 saturated heterocycles. The van der Waals surface area contributed by atoms with Crippen LogP contribution in [0.1, 0.15) is 42.4 Å². The maximum absolute atomic E-state index is 13.0. The Kier molecular flexibility index (Phi) is 4.06. The molecule has 0 atom stereocenters. The van der Waals surface area contributed by atoms with Crippen LogP contribution in [0.5, 0.6) is 0 Å². The van der Waals surface area contributed by atoms with Crippen LogP contribution in [0.2, 0.25) is 0 Å². The molecule has 2 heterocycles. The first-order valence-corrected chi connectivity index (χ1v) is 9.36. The molecule has 3 rings (SSSR count). The molecule has 124 valence electrons. The second-order valence-electron chi connectivity index (χ2n) is 6.50. The maximum atomic E-state index is 13.0. The van der Waals surface area contributed by atoms with Gasteiger partial charge in [-0.05, 0) is 39.3 Å². The minimum atomic E-state index is -3.48. The Labute approximate surface area is 138 Å². The first-order chi connectivity index (χ1) is 10.8. The number of benzene rings is 1. The predicted molar refractivity (Wildman–Crippen MR) is 89.8 cm³/mol. The van der Waals surface area contributed by atoms with Crippen LogP contribution < -0.4 is 0 Å². The summed E-state index contributed by atoms with van der Waals surface area (Å²) in [6, 6.07) is 5.76. The molecule has 0 spiro atoms. The maximum Gasteiger partial charge on any atom is 0.243 e. The van der Waals surface area contributed by atoms with Gasteiger partial charge in [-0.2, -0.15) is 4.31 Å². The van der Waals surface area contributed by atoms with Gasteiger partial charge in [-0.15, -0.1) is 0 Å². The topological polar surface area (TPSA) is 55.2 Å². The molecule has 2 aromatic rings. The van der Waals surface area contributed by atoms with Crippen molar-refractivity contribution in [3.8, 4) is 0 Å². The van der Waals surface area contributed by atoms with E-state index in [2.05, 4.69) is 23.4 Å². The largest absolute Gasteiger partial charge is 0.331 e. The summed E-state index contributed by atoms with van der Waals surface area (Å²) >= 11 is 0. The molecule has 1 aromatic heterocycles. The third-order valence-corrected chi connectivity index (χ3v) is 6.42. The summed E-state index contributed by atoms with van der Waals surface area (Å²) in [7, 11) is -3.48. The van der Waals surface area contributed by atoms with Crippen molar-refractivity contribution in [3.05, 3.63) is 47.0 Å². The lowest BCUT2D eigenvalue weighted by Gasteiger charge is -2.28. The molecule has 0 bridgehead atoms. The Morgan fingerprint density at radius 3 is 2.61 bits per heavy atom. The Bertz CT molecular complexity index is 838. The Hall–Kier alpha value is -1.66. The number of sulfonamides is 1. The second-order valence-corrected chi connectivity index (χ2v) is 8.40. The number of imidazole rings is 1. The van der Waals surface area contributed by atoms with E-state index in [0.717, 1.165) is 22.5 Å². The van der Waals surface area contributed by atoms with Gasteiger partial charge in [0.25, 0.3) is 0 Å². The molecule has 1 aliphatic heterocycles. The minimum Gasteiger partial charge on any atom is -0.331 e. The lowest BCUT2D eigenvalue weighted by Crippen LogP contribution is -2.37. The summed E-state index contributed by atoms with van der Waals surface area (Å²) in [5.74, 6) is 0.